The van der Waals surface area contributed by atoms with Crippen LogP contribution in [0, 0.1) is 0 Å². The molecule has 0 aliphatic carbocycles. The Morgan fingerprint density at radius 1 is 0.680 bits per heavy atom. The lowest BCUT2D eigenvalue weighted by Crippen LogP contribution is -1.85. The Bertz CT molecular complexity index is 1220. The van der Waals surface area contributed by atoms with Crippen molar-refractivity contribution in [2.24, 2.45) is 0 Å². The van der Waals surface area contributed by atoms with Gasteiger partial charge in [0.2, 0.25) is 0 Å². The van der Waals surface area contributed by atoms with Gasteiger partial charge in [-0.05, 0) is 57.9 Å². The lowest BCUT2D eigenvalue weighted by Gasteiger charge is -2.09. The lowest BCUT2D eigenvalue weighted by atomic mass is 10.0. The Kier molecular flexibility index (Phi) is 3.39. The first-order valence-electron chi connectivity index (χ1n) is 8.17. The molecule has 0 atom stereocenters. The quantitative estimate of drug-likeness (QED) is 0.288. The fraction of sp³-hybridized carbons (Fsp3) is 0. The topological polar surface area (TPSA) is 25.8 Å². The van der Waals surface area contributed by atoms with E-state index in [0.717, 1.165) is 10.9 Å². The van der Waals surface area contributed by atoms with E-state index in [2.05, 4.69) is 76.7 Å². The van der Waals surface area contributed by atoms with Gasteiger partial charge in [0.05, 0.1) is 5.52 Å². The average molecular weight is 338 g/mol. The largest absolute Gasteiger partial charge is 0.244 e. The molecule has 3 heteroatoms. The first-order valence-corrected chi connectivity index (χ1v) is 8.98. The van der Waals surface area contributed by atoms with E-state index in [9.17, 15) is 0 Å². The molecule has 118 valence electrons. The normalized spacial score (nSPS) is 11.4. The summed E-state index contributed by atoms with van der Waals surface area (Å²) < 4.78 is 0. The van der Waals surface area contributed by atoms with Crippen molar-refractivity contribution >= 4 is 44.2 Å². The summed E-state index contributed by atoms with van der Waals surface area (Å²) in [4.78, 5) is 11.1. The lowest BCUT2D eigenvalue weighted by molar-refractivity contribution is 1.23. The highest BCUT2D eigenvalue weighted by Crippen LogP contribution is 2.36. The molecule has 5 rings (SSSR count). The molecule has 0 amide bonds. The van der Waals surface area contributed by atoms with Crippen molar-refractivity contribution in [1.82, 2.24) is 9.97 Å². The molecule has 0 unspecified atom stereocenters. The molecule has 2 nitrogen and oxygen atoms in total. The summed E-state index contributed by atoms with van der Waals surface area (Å²) in [5.41, 5.74) is 0.983. The Morgan fingerprint density at radius 2 is 1.52 bits per heavy atom. The Balaban J connectivity index is 1.76. The molecule has 25 heavy (non-hydrogen) atoms. The van der Waals surface area contributed by atoms with Gasteiger partial charge in [-0.25, -0.2) is 9.97 Å². The molecule has 0 fully saturated rings. The second kappa shape index (κ2) is 5.87. The zero-order valence-electron chi connectivity index (χ0n) is 13.4. The van der Waals surface area contributed by atoms with Gasteiger partial charge in [-0.15, -0.1) is 0 Å². The summed E-state index contributed by atoms with van der Waals surface area (Å²) in [5.74, 6) is 0. The van der Waals surface area contributed by atoms with Crippen LogP contribution in [-0.4, -0.2) is 9.97 Å². The number of benzene rings is 4. The third-order valence-electron chi connectivity index (χ3n) is 4.44. The van der Waals surface area contributed by atoms with Gasteiger partial charge in [0, 0.05) is 21.4 Å². The Hall–Kier alpha value is -2.91. The van der Waals surface area contributed by atoms with Gasteiger partial charge < -0.3 is 0 Å². The second-order valence-electron chi connectivity index (χ2n) is 5.99. The number of nitrogens with zero attached hydrogens (tertiary/aromatic N) is 2. The van der Waals surface area contributed by atoms with Crippen molar-refractivity contribution in [1.29, 1.82) is 0 Å². The van der Waals surface area contributed by atoms with E-state index in [-0.39, 0.29) is 0 Å². The van der Waals surface area contributed by atoms with Crippen LogP contribution < -0.4 is 0 Å². The summed E-state index contributed by atoms with van der Waals surface area (Å²) in [7, 11) is 0. The SMILES string of the molecule is c1ccc(Sc2cccc3cc4c(ccc5ncncc54)cc23)cc1. The second-order valence-corrected chi connectivity index (χ2v) is 7.10. The summed E-state index contributed by atoms with van der Waals surface area (Å²) in [5, 5.41) is 6.04. The monoisotopic (exact) mass is 338 g/mol. The van der Waals surface area contributed by atoms with Gasteiger partial charge in [-0.1, -0.05) is 48.2 Å². The van der Waals surface area contributed by atoms with Gasteiger partial charge in [0.25, 0.3) is 0 Å². The van der Waals surface area contributed by atoms with E-state index >= 15 is 0 Å². The van der Waals surface area contributed by atoms with E-state index < -0.39 is 0 Å². The molecule has 0 spiro atoms. The van der Waals surface area contributed by atoms with Gasteiger partial charge in [-0.2, -0.15) is 0 Å². The molecule has 1 aromatic heterocycles. The number of rotatable bonds is 2. The van der Waals surface area contributed by atoms with Crippen LogP contribution in [0.2, 0.25) is 0 Å². The van der Waals surface area contributed by atoms with Crippen molar-refractivity contribution in [2.45, 2.75) is 9.79 Å². The van der Waals surface area contributed by atoms with E-state index in [1.165, 1.54) is 31.3 Å². The molecule has 1 heterocycles. The first kappa shape index (κ1) is 14.4. The summed E-state index contributed by atoms with van der Waals surface area (Å²) in [6.45, 7) is 0. The van der Waals surface area contributed by atoms with E-state index in [1.807, 2.05) is 12.3 Å². The number of hydrogen-bond acceptors (Lipinski definition) is 3. The highest BCUT2D eigenvalue weighted by Gasteiger charge is 2.07. The molecule has 0 aliphatic rings. The standard InChI is InChI=1S/C22H14N2S/c1-2-6-17(7-3-1)25-22-8-4-5-15-11-18-16(12-19(15)22)9-10-21-20(18)13-23-14-24-21/h1-14H. The van der Waals surface area contributed by atoms with E-state index in [0.29, 0.717) is 0 Å². The van der Waals surface area contributed by atoms with Crippen molar-refractivity contribution < 1.29 is 0 Å². The molecule has 0 saturated heterocycles. The average Bonchev–Trinajstić information content (AvgIpc) is 2.68. The highest BCUT2D eigenvalue weighted by atomic mass is 32.2. The van der Waals surface area contributed by atoms with Gasteiger partial charge in [-0.3, -0.25) is 0 Å². The van der Waals surface area contributed by atoms with Crippen LogP contribution in [-0.2, 0) is 0 Å². The molecule has 0 aliphatic heterocycles. The van der Waals surface area contributed by atoms with Crippen molar-refractivity contribution in [2.75, 3.05) is 0 Å². The summed E-state index contributed by atoms with van der Waals surface area (Å²) in [6, 6.07) is 25.7. The predicted molar refractivity (Wildman–Crippen MR) is 105 cm³/mol. The molecule has 5 aromatic rings. The third kappa shape index (κ3) is 2.53. The maximum Gasteiger partial charge on any atom is 0.116 e. The number of hydrogen-bond donors (Lipinski definition) is 0. The van der Waals surface area contributed by atoms with Gasteiger partial charge >= 0.3 is 0 Å². The molecular weight excluding hydrogens is 324 g/mol. The van der Waals surface area contributed by atoms with Crippen LogP contribution in [0.3, 0.4) is 0 Å². The van der Waals surface area contributed by atoms with Crippen LogP contribution >= 0.6 is 11.8 Å². The van der Waals surface area contributed by atoms with Crippen LogP contribution in [0.4, 0.5) is 0 Å². The highest BCUT2D eigenvalue weighted by molar-refractivity contribution is 7.99. The summed E-state index contributed by atoms with van der Waals surface area (Å²) in [6.07, 6.45) is 3.50. The van der Waals surface area contributed by atoms with Crippen molar-refractivity contribution in [3.05, 3.63) is 85.3 Å². The Labute approximate surface area is 149 Å². The van der Waals surface area contributed by atoms with E-state index in [4.69, 9.17) is 0 Å². The maximum absolute atomic E-state index is 4.37. The van der Waals surface area contributed by atoms with Crippen molar-refractivity contribution in [3.63, 3.8) is 0 Å². The van der Waals surface area contributed by atoms with Gasteiger partial charge in [0.15, 0.2) is 0 Å². The van der Waals surface area contributed by atoms with Crippen LogP contribution in [0.25, 0.3) is 32.4 Å². The minimum Gasteiger partial charge on any atom is -0.244 e. The number of aromatic nitrogens is 2. The zero-order chi connectivity index (χ0) is 16.6. The third-order valence-corrected chi connectivity index (χ3v) is 5.52. The van der Waals surface area contributed by atoms with E-state index in [1.54, 1.807) is 18.1 Å². The van der Waals surface area contributed by atoms with Crippen LogP contribution in [0.5, 0.6) is 0 Å². The smallest absolute Gasteiger partial charge is 0.116 e. The fourth-order valence-corrected chi connectivity index (χ4v) is 4.22. The van der Waals surface area contributed by atoms with Gasteiger partial charge in [0.1, 0.15) is 6.33 Å². The predicted octanol–water partition coefficient (Wildman–Crippen LogP) is 6.09. The zero-order valence-corrected chi connectivity index (χ0v) is 14.2. The molecule has 4 aromatic carbocycles. The first-order chi connectivity index (χ1) is 12.4. The fourth-order valence-electron chi connectivity index (χ4n) is 3.24. The van der Waals surface area contributed by atoms with Crippen LogP contribution in [0.1, 0.15) is 0 Å². The Morgan fingerprint density at radius 3 is 2.44 bits per heavy atom. The summed E-state index contributed by atoms with van der Waals surface area (Å²) >= 11 is 1.80. The molecule has 0 radical (unpaired) electrons. The van der Waals surface area contributed by atoms with Crippen molar-refractivity contribution in [3.8, 4) is 0 Å². The minimum atomic E-state index is 0.983. The minimum absolute atomic E-state index is 0.983. The molecular formula is C22H14N2S. The van der Waals surface area contributed by atoms with Crippen LogP contribution in [0.15, 0.2) is 95.1 Å². The maximum atomic E-state index is 4.37. The number of fused-ring (bicyclic) bond motifs is 4. The molecule has 0 bridgehead atoms. The molecule has 0 N–H and O–H groups in total. The molecule has 0 saturated carbocycles.